The Morgan fingerprint density at radius 1 is 1.44 bits per heavy atom. The first kappa shape index (κ1) is 10.0. The molecule has 1 N–H and O–H groups in total. The lowest BCUT2D eigenvalue weighted by molar-refractivity contribution is 0.323. The summed E-state index contributed by atoms with van der Waals surface area (Å²) in [5.41, 5.74) is 0. The lowest BCUT2D eigenvalue weighted by atomic mass is 10.6. The zero-order valence-corrected chi connectivity index (χ0v) is 8.11. The van der Waals surface area contributed by atoms with Gasteiger partial charge >= 0.3 is 0 Å². The quantitative estimate of drug-likeness (QED) is 0.523. The normalized spacial score (nSPS) is 10.7. The number of aliphatic hydroxyl groups is 1. The van der Waals surface area contributed by atoms with Crippen LogP contribution in [0.3, 0.4) is 0 Å². The summed E-state index contributed by atoms with van der Waals surface area (Å²) in [6.45, 7) is 4.62. The standard InChI is InChI=1S/C5H12OS3/c1-5(2)8-9-7-4-3-6/h5-6H,3-4H2,1-2H3. The van der Waals surface area contributed by atoms with Crippen molar-refractivity contribution in [3.63, 3.8) is 0 Å². The van der Waals surface area contributed by atoms with Crippen LogP contribution in [0.25, 0.3) is 0 Å². The van der Waals surface area contributed by atoms with Gasteiger partial charge in [-0.1, -0.05) is 35.4 Å². The Bertz CT molecular complexity index is 58.2. The van der Waals surface area contributed by atoms with E-state index in [1.165, 1.54) is 0 Å². The van der Waals surface area contributed by atoms with Crippen LogP contribution in [0.5, 0.6) is 0 Å². The maximum atomic E-state index is 8.39. The zero-order chi connectivity index (χ0) is 7.11. The van der Waals surface area contributed by atoms with Crippen LogP contribution in [0, 0.1) is 0 Å². The average molecular weight is 184 g/mol. The summed E-state index contributed by atoms with van der Waals surface area (Å²) in [6.07, 6.45) is 0. The van der Waals surface area contributed by atoms with Crippen molar-refractivity contribution >= 4 is 31.4 Å². The van der Waals surface area contributed by atoms with Gasteiger partial charge in [-0.05, 0) is 9.83 Å². The minimum atomic E-state index is 0.288. The highest BCUT2D eigenvalue weighted by molar-refractivity contribution is 9.09. The van der Waals surface area contributed by atoms with E-state index in [0.29, 0.717) is 5.25 Å². The molecule has 0 unspecified atom stereocenters. The van der Waals surface area contributed by atoms with E-state index in [4.69, 9.17) is 5.11 Å². The molecule has 56 valence electrons. The fourth-order valence-electron chi connectivity index (χ4n) is 0.178. The molecular formula is C5H12OS3. The van der Waals surface area contributed by atoms with Crippen LogP contribution in [0.2, 0.25) is 0 Å². The van der Waals surface area contributed by atoms with Crippen LogP contribution < -0.4 is 0 Å². The minimum absolute atomic E-state index is 0.288. The first-order chi connectivity index (χ1) is 4.27. The summed E-state index contributed by atoms with van der Waals surface area (Å²) in [5.74, 6) is 0.838. The summed E-state index contributed by atoms with van der Waals surface area (Å²) in [7, 11) is 5.31. The van der Waals surface area contributed by atoms with E-state index in [-0.39, 0.29) is 6.61 Å². The number of aliphatic hydroxyl groups excluding tert-OH is 1. The van der Waals surface area contributed by atoms with Gasteiger partial charge in [-0.2, -0.15) is 0 Å². The highest BCUT2D eigenvalue weighted by Gasteiger charge is 1.93. The molecular weight excluding hydrogens is 172 g/mol. The van der Waals surface area contributed by atoms with Crippen LogP contribution in [0.1, 0.15) is 13.8 Å². The van der Waals surface area contributed by atoms with Crippen molar-refractivity contribution in [3.05, 3.63) is 0 Å². The molecule has 0 aliphatic carbocycles. The number of hydrogen-bond donors (Lipinski definition) is 1. The molecule has 0 spiro atoms. The van der Waals surface area contributed by atoms with Crippen LogP contribution in [-0.4, -0.2) is 22.7 Å². The van der Waals surface area contributed by atoms with Crippen LogP contribution in [0.4, 0.5) is 0 Å². The molecule has 0 fully saturated rings. The van der Waals surface area contributed by atoms with E-state index in [0.717, 1.165) is 5.75 Å². The first-order valence-corrected chi connectivity index (χ1v) is 6.54. The molecule has 9 heavy (non-hydrogen) atoms. The third-order valence-corrected chi connectivity index (χ3v) is 5.12. The van der Waals surface area contributed by atoms with Crippen LogP contribution >= 0.6 is 31.4 Å². The van der Waals surface area contributed by atoms with Crippen molar-refractivity contribution in [2.24, 2.45) is 0 Å². The molecule has 0 rings (SSSR count). The van der Waals surface area contributed by atoms with Crippen LogP contribution in [-0.2, 0) is 0 Å². The summed E-state index contributed by atoms with van der Waals surface area (Å²) >= 11 is 0. The maximum Gasteiger partial charge on any atom is 0.0530 e. The minimum Gasteiger partial charge on any atom is -0.395 e. The van der Waals surface area contributed by atoms with Gasteiger partial charge in [0.25, 0.3) is 0 Å². The molecule has 0 bridgehead atoms. The van der Waals surface area contributed by atoms with E-state index in [1.54, 1.807) is 20.6 Å². The molecule has 0 amide bonds. The lowest BCUT2D eigenvalue weighted by Gasteiger charge is -2.00. The number of rotatable bonds is 5. The van der Waals surface area contributed by atoms with E-state index in [9.17, 15) is 0 Å². The van der Waals surface area contributed by atoms with Gasteiger partial charge in [0.05, 0.1) is 6.61 Å². The van der Waals surface area contributed by atoms with Gasteiger partial charge in [0.15, 0.2) is 0 Å². The highest BCUT2D eigenvalue weighted by atomic mass is 33.5. The fourth-order valence-corrected chi connectivity index (χ4v) is 4.13. The van der Waals surface area contributed by atoms with Gasteiger partial charge in [0.1, 0.15) is 0 Å². The molecule has 0 aromatic heterocycles. The molecule has 0 saturated carbocycles. The molecule has 0 heterocycles. The third-order valence-electron chi connectivity index (χ3n) is 0.454. The molecule has 1 nitrogen and oxygen atoms in total. The Morgan fingerprint density at radius 3 is 2.56 bits per heavy atom. The second kappa shape index (κ2) is 7.12. The highest BCUT2D eigenvalue weighted by Crippen LogP contribution is 2.36. The van der Waals surface area contributed by atoms with E-state index < -0.39 is 0 Å². The summed E-state index contributed by atoms with van der Waals surface area (Å²) in [6, 6.07) is 0. The van der Waals surface area contributed by atoms with Crippen molar-refractivity contribution in [1.82, 2.24) is 0 Å². The van der Waals surface area contributed by atoms with Gasteiger partial charge in [-0.25, -0.2) is 0 Å². The second-order valence-electron chi connectivity index (χ2n) is 1.76. The Kier molecular flexibility index (Phi) is 7.92. The van der Waals surface area contributed by atoms with Crippen molar-refractivity contribution in [2.45, 2.75) is 19.1 Å². The topological polar surface area (TPSA) is 20.2 Å². The van der Waals surface area contributed by atoms with E-state index in [2.05, 4.69) is 13.8 Å². The Balaban J connectivity index is 2.75. The van der Waals surface area contributed by atoms with Gasteiger partial charge in [-0.3, -0.25) is 0 Å². The molecule has 0 aliphatic heterocycles. The summed E-state index contributed by atoms with van der Waals surface area (Å²) in [4.78, 5) is 0. The van der Waals surface area contributed by atoms with Crippen molar-refractivity contribution in [1.29, 1.82) is 0 Å². The van der Waals surface area contributed by atoms with Gasteiger partial charge in [0.2, 0.25) is 0 Å². The van der Waals surface area contributed by atoms with Crippen molar-refractivity contribution in [2.75, 3.05) is 12.4 Å². The Hall–Kier alpha value is 1.01. The molecule has 4 heteroatoms. The molecule has 0 aliphatic rings. The molecule has 0 radical (unpaired) electrons. The lowest BCUT2D eigenvalue weighted by Crippen LogP contribution is -1.83. The van der Waals surface area contributed by atoms with Gasteiger partial charge in [0, 0.05) is 11.0 Å². The molecule has 0 aromatic rings. The largest absolute Gasteiger partial charge is 0.395 e. The third kappa shape index (κ3) is 9.01. The smallest absolute Gasteiger partial charge is 0.0530 e. The zero-order valence-electron chi connectivity index (χ0n) is 5.66. The predicted octanol–water partition coefficient (Wildman–Crippen LogP) is 2.42. The van der Waals surface area contributed by atoms with Gasteiger partial charge in [-0.15, -0.1) is 0 Å². The summed E-state index contributed by atoms with van der Waals surface area (Å²) in [5, 5.41) is 9.07. The molecule has 0 aromatic carbocycles. The summed E-state index contributed by atoms with van der Waals surface area (Å²) < 4.78 is 0. The van der Waals surface area contributed by atoms with E-state index in [1.807, 2.05) is 10.8 Å². The fraction of sp³-hybridized carbons (Fsp3) is 1.00. The number of hydrogen-bond acceptors (Lipinski definition) is 4. The van der Waals surface area contributed by atoms with Crippen molar-refractivity contribution in [3.8, 4) is 0 Å². The predicted molar refractivity (Wildman–Crippen MR) is 49.9 cm³/mol. The van der Waals surface area contributed by atoms with Gasteiger partial charge < -0.3 is 5.11 Å². The second-order valence-corrected chi connectivity index (χ2v) is 6.59. The first-order valence-electron chi connectivity index (χ1n) is 2.83. The van der Waals surface area contributed by atoms with E-state index >= 15 is 0 Å². The monoisotopic (exact) mass is 184 g/mol. The Morgan fingerprint density at radius 2 is 2.11 bits per heavy atom. The molecule has 0 atom stereocenters. The maximum absolute atomic E-state index is 8.39. The van der Waals surface area contributed by atoms with Crippen LogP contribution in [0.15, 0.2) is 0 Å². The molecule has 0 saturated heterocycles. The Labute approximate surface area is 68.2 Å². The van der Waals surface area contributed by atoms with Crippen molar-refractivity contribution < 1.29 is 5.11 Å². The average Bonchev–Trinajstić information content (AvgIpc) is 1.80. The SMILES string of the molecule is CC(C)SSSCCO.